The standard InChI is InChI=1S/C22H9F7/c23-15-7-5-12(14-9-17(25)21(28)22(29)18(14)15)10-3-1-2-4-11(10)13-6-8-16(24)20(27)19(13)26/h1-9H. The molecule has 0 spiro atoms. The lowest BCUT2D eigenvalue weighted by Crippen LogP contribution is -1.98. The first-order valence-corrected chi connectivity index (χ1v) is 8.30. The van der Waals surface area contributed by atoms with Gasteiger partial charge in [-0.1, -0.05) is 30.3 Å². The molecule has 0 unspecified atom stereocenters. The van der Waals surface area contributed by atoms with Gasteiger partial charge >= 0.3 is 0 Å². The van der Waals surface area contributed by atoms with E-state index in [2.05, 4.69) is 0 Å². The molecule has 0 aliphatic heterocycles. The molecular weight excluding hydrogens is 397 g/mol. The van der Waals surface area contributed by atoms with Gasteiger partial charge < -0.3 is 0 Å². The largest absolute Gasteiger partial charge is 0.206 e. The first kappa shape index (κ1) is 19.0. The van der Waals surface area contributed by atoms with E-state index in [1.54, 1.807) is 0 Å². The maximum atomic E-state index is 14.4. The van der Waals surface area contributed by atoms with Gasteiger partial charge in [-0.3, -0.25) is 0 Å². The van der Waals surface area contributed by atoms with E-state index in [1.807, 2.05) is 0 Å². The Morgan fingerprint density at radius 3 is 1.66 bits per heavy atom. The van der Waals surface area contributed by atoms with Gasteiger partial charge in [-0.2, -0.15) is 0 Å². The first-order chi connectivity index (χ1) is 13.8. The van der Waals surface area contributed by atoms with Crippen LogP contribution >= 0.6 is 0 Å². The Hall–Kier alpha value is -3.35. The molecule has 0 aliphatic carbocycles. The van der Waals surface area contributed by atoms with Crippen molar-refractivity contribution >= 4 is 10.8 Å². The average molecular weight is 406 g/mol. The molecule has 29 heavy (non-hydrogen) atoms. The lowest BCUT2D eigenvalue weighted by atomic mass is 9.90. The summed E-state index contributed by atoms with van der Waals surface area (Å²) in [7, 11) is 0. The highest BCUT2D eigenvalue weighted by atomic mass is 19.2. The zero-order valence-corrected chi connectivity index (χ0v) is 14.3. The third-order valence-electron chi connectivity index (χ3n) is 4.63. The van der Waals surface area contributed by atoms with Crippen molar-refractivity contribution in [2.24, 2.45) is 0 Å². The van der Waals surface area contributed by atoms with Gasteiger partial charge in [-0.05, 0) is 46.3 Å². The fraction of sp³-hybridized carbons (Fsp3) is 0. The van der Waals surface area contributed by atoms with Crippen LogP contribution in [0.3, 0.4) is 0 Å². The highest BCUT2D eigenvalue weighted by Gasteiger charge is 2.22. The van der Waals surface area contributed by atoms with Crippen LogP contribution in [0.4, 0.5) is 30.7 Å². The average Bonchev–Trinajstić information content (AvgIpc) is 2.71. The van der Waals surface area contributed by atoms with Crippen molar-refractivity contribution in [1.29, 1.82) is 0 Å². The zero-order valence-electron chi connectivity index (χ0n) is 14.3. The Morgan fingerprint density at radius 2 is 0.966 bits per heavy atom. The Kier molecular flexibility index (Phi) is 4.53. The maximum absolute atomic E-state index is 14.4. The molecule has 0 radical (unpaired) electrons. The molecule has 146 valence electrons. The smallest absolute Gasteiger partial charge is 0.195 e. The summed E-state index contributed by atoms with van der Waals surface area (Å²) in [4.78, 5) is 0. The summed E-state index contributed by atoms with van der Waals surface area (Å²) in [6, 6.07) is 10.2. The van der Waals surface area contributed by atoms with Gasteiger partial charge in [-0.25, -0.2) is 30.7 Å². The predicted molar refractivity (Wildman–Crippen MR) is 94.5 cm³/mol. The molecule has 0 saturated carbocycles. The first-order valence-electron chi connectivity index (χ1n) is 8.30. The van der Waals surface area contributed by atoms with Gasteiger partial charge in [0, 0.05) is 5.56 Å². The monoisotopic (exact) mass is 406 g/mol. The van der Waals surface area contributed by atoms with Crippen molar-refractivity contribution in [1.82, 2.24) is 0 Å². The van der Waals surface area contributed by atoms with Crippen molar-refractivity contribution in [2.45, 2.75) is 0 Å². The number of rotatable bonds is 2. The molecular formula is C22H9F7. The molecule has 4 aromatic rings. The van der Waals surface area contributed by atoms with E-state index < -0.39 is 46.1 Å². The molecule has 0 bridgehead atoms. The molecule has 0 N–H and O–H groups in total. The van der Waals surface area contributed by atoms with E-state index in [4.69, 9.17) is 0 Å². The fourth-order valence-electron chi connectivity index (χ4n) is 3.29. The van der Waals surface area contributed by atoms with Crippen LogP contribution in [0.25, 0.3) is 33.0 Å². The minimum absolute atomic E-state index is 0.0546. The van der Waals surface area contributed by atoms with E-state index in [0.717, 1.165) is 18.2 Å². The summed E-state index contributed by atoms with van der Waals surface area (Å²) in [6.07, 6.45) is 0. The van der Waals surface area contributed by atoms with Crippen LogP contribution in [0.15, 0.2) is 54.6 Å². The van der Waals surface area contributed by atoms with Crippen LogP contribution in [0.5, 0.6) is 0 Å². The molecule has 0 atom stereocenters. The lowest BCUT2D eigenvalue weighted by Gasteiger charge is -2.15. The zero-order chi connectivity index (χ0) is 20.9. The van der Waals surface area contributed by atoms with Crippen molar-refractivity contribution in [3.8, 4) is 22.3 Å². The third-order valence-corrected chi connectivity index (χ3v) is 4.63. The topological polar surface area (TPSA) is 0 Å². The summed E-state index contributed by atoms with van der Waals surface area (Å²) in [5.74, 6) is -10.7. The van der Waals surface area contributed by atoms with Crippen LogP contribution in [0.1, 0.15) is 0 Å². The minimum Gasteiger partial charge on any atom is -0.206 e. The van der Waals surface area contributed by atoms with Crippen molar-refractivity contribution in [3.63, 3.8) is 0 Å². The normalized spacial score (nSPS) is 11.3. The highest BCUT2D eigenvalue weighted by molar-refractivity contribution is 6.01. The second kappa shape index (κ2) is 6.92. The molecule has 0 fully saturated rings. The second-order valence-electron chi connectivity index (χ2n) is 6.27. The predicted octanol–water partition coefficient (Wildman–Crippen LogP) is 7.15. The molecule has 4 aromatic carbocycles. The molecule has 0 aliphatic rings. The molecule has 0 nitrogen and oxygen atoms in total. The summed E-state index contributed by atoms with van der Waals surface area (Å²) < 4.78 is 97.2. The third kappa shape index (κ3) is 2.93. The molecule has 7 heteroatoms. The van der Waals surface area contributed by atoms with Gasteiger partial charge in [-0.15, -0.1) is 0 Å². The number of hydrogen-bond donors (Lipinski definition) is 0. The summed E-state index contributed by atoms with van der Waals surface area (Å²) in [5.41, 5.74) is -0.0197. The summed E-state index contributed by atoms with van der Waals surface area (Å²) >= 11 is 0. The highest BCUT2D eigenvalue weighted by Crippen LogP contribution is 2.39. The number of hydrogen-bond acceptors (Lipinski definition) is 0. The SMILES string of the molecule is Fc1ccc(-c2ccccc2-c2ccc(F)c3c(F)c(F)c(F)cc23)c(F)c1F. The quantitative estimate of drug-likeness (QED) is 0.245. The van der Waals surface area contributed by atoms with Crippen LogP contribution < -0.4 is 0 Å². The van der Waals surface area contributed by atoms with Gasteiger partial charge in [0.1, 0.15) is 5.82 Å². The molecule has 0 saturated heterocycles. The minimum atomic E-state index is -1.83. The Bertz CT molecular complexity index is 1280. The van der Waals surface area contributed by atoms with E-state index in [-0.39, 0.29) is 27.6 Å². The molecule has 0 heterocycles. The number of halogens is 7. The van der Waals surface area contributed by atoms with Gasteiger partial charge in [0.05, 0.1) is 5.39 Å². The molecule has 4 rings (SSSR count). The summed E-state index contributed by atoms with van der Waals surface area (Å²) in [6.45, 7) is 0. The van der Waals surface area contributed by atoms with Crippen LogP contribution in [-0.4, -0.2) is 0 Å². The Balaban J connectivity index is 2.08. The summed E-state index contributed by atoms with van der Waals surface area (Å²) in [5, 5.41) is -1.07. The lowest BCUT2D eigenvalue weighted by molar-refractivity contribution is 0.449. The molecule has 0 aromatic heterocycles. The fourth-order valence-corrected chi connectivity index (χ4v) is 3.29. The van der Waals surface area contributed by atoms with Crippen molar-refractivity contribution < 1.29 is 30.7 Å². The van der Waals surface area contributed by atoms with Crippen LogP contribution in [0.2, 0.25) is 0 Å². The van der Waals surface area contributed by atoms with Gasteiger partial charge in [0.2, 0.25) is 0 Å². The van der Waals surface area contributed by atoms with E-state index >= 15 is 0 Å². The maximum Gasteiger partial charge on any atom is 0.195 e. The van der Waals surface area contributed by atoms with Gasteiger partial charge in [0.15, 0.2) is 34.9 Å². The van der Waals surface area contributed by atoms with Gasteiger partial charge in [0.25, 0.3) is 0 Å². The van der Waals surface area contributed by atoms with E-state index in [1.165, 1.54) is 30.3 Å². The van der Waals surface area contributed by atoms with Crippen LogP contribution in [0, 0.1) is 40.7 Å². The Labute approximate surface area is 159 Å². The molecule has 0 amide bonds. The Morgan fingerprint density at radius 1 is 0.414 bits per heavy atom. The van der Waals surface area contributed by atoms with E-state index in [9.17, 15) is 30.7 Å². The van der Waals surface area contributed by atoms with E-state index in [0.29, 0.717) is 6.07 Å². The van der Waals surface area contributed by atoms with Crippen LogP contribution in [-0.2, 0) is 0 Å². The van der Waals surface area contributed by atoms with Crippen molar-refractivity contribution in [3.05, 3.63) is 95.3 Å². The van der Waals surface area contributed by atoms with Crippen molar-refractivity contribution in [2.75, 3.05) is 0 Å². The second-order valence-corrected chi connectivity index (χ2v) is 6.27. The number of fused-ring (bicyclic) bond motifs is 1. The number of benzene rings is 4.